The largest absolute Gasteiger partial charge is 0.398 e. The number of carbonyl (C=O) groups is 1. The van der Waals surface area contributed by atoms with Gasteiger partial charge in [-0.05, 0) is 38.0 Å². The zero-order valence-corrected chi connectivity index (χ0v) is 11.3. The van der Waals surface area contributed by atoms with Gasteiger partial charge in [0.15, 0.2) is 0 Å². The summed E-state index contributed by atoms with van der Waals surface area (Å²) in [5, 5.41) is 2.84. The summed E-state index contributed by atoms with van der Waals surface area (Å²) >= 11 is 0. The van der Waals surface area contributed by atoms with E-state index in [1.165, 1.54) is 0 Å². The summed E-state index contributed by atoms with van der Waals surface area (Å²) in [7, 11) is 0. The summed E-state index contributed by atoms with van der Waals surface area (Å²) in [4.78, 5) is 11.7. The van der Waals surface area contributed by atoms with Gasteiger partial charge in [-0.1, -0.05) is 13.0 Å². The number of anilines is 2. The van der Waals surface area contributed by atoms with Crippen molar-refractivity contribution in [3.8, 4) is 0 Å². The second-order valence-electron chi connectivity index (χ2n) is 4.41. The Hall–Kier alpha value is -1.55. The predicted octanol–water partition coefficient (Wildman–Crippen LogP) is 2.72. The minimum Gasteiger partial charge on any atom is -0.398 e. The lowest BCUT2D eigenvalue weighted by molar-refractivity contribution is -0.117. The van der Waals surface area contributed by atoms with Crippen molar-refractivity contribution in [1.82, 2.24) is 0 Å². The Morgan fingerprint density at radius 1 is 1.50 bits per heavy atom. The minimum atomic E-state index is -0.0491. The van der Waals surface area contributed by atoms with Crippen molar-refractivity contribution in [3.63, 3.8) is 0 Å². The maximum atomic E-state index is 11.7. The van der Waals surface area contributed by atoms with E-state index in [0.29, 0.717) is 18.7 Å². The Balaban J connectivity index is 2.43. The number of nitrogen functional groups attached to an aromatic ring is 1. The Kier molecular flexibility index (Phi) is 5.65. The highest BCUT2D eigenvalue weighted by atomic mass is 16.5. The van der Waals surface area contributed by atoms with Gasteiger partial charge in [-0.15, -0.1) is 0 Å². The molecular formula is C14H22N2O2. The van der Waals surface area contributed by atoms with Crippen LogP contribution in [0.15, 0.2) is 18.2 Å². The number of benzene rings is 1. The fourth-order valence-corrected chi connectivity index (χ4v) is 1.47. The molecule has 4 heteroatoms. The van der Waals surface area contributed by atoms with Crippen LogP contribution >= 0.6 is 0 Å². The van der Waals surface area contributed by atoms with Crippen molar-refractivity contribution in [2.45, 2.75) is 39.7 Å². The van der Waals surface area contributed by atoms with Crippen LogP contribution in [0.3, 0.4) is 0 Å². The third kappa shape index (κ3) is 4.37. The number of hydrogen-bond donors (Lipinski definition) is 2. The summed E-state index contributed by atoms with van der Waals surface area (Å²) in [5.41, 5.74) is 8.13. The summed E-state index contributed by atoms with van der Waals surface area (Å²) in [5.74, 6) is -0.0491. The summed E-state index contributed by atoms with van der Waals surface area (Å²) < 4.78 is 5.47. The molecule has 1 aromatic rings. The molecule has 0 heterocycles. The molecule has 0 aliphatic carbocycles. The lowest BCUT2D eigenvalue weighted by Crippen LogP contribution is -2.17. The van der Waals surface area contributed by atoms with E-state index in [9.17, 15) is 4.79 Å². The highest BCUT2D eigenvalue weighted by Gasteiger charge is 2.07. The normalized spacial score (nSPS) is 12.2. The predicted molar refractivity (Wildman–Crippen MR) is 74.5 cm³/mol. The molecule has 18 heavy (non-hydrogen) atoms. The molecule has 0 saturated heterocycles. The molecule has 0 radical (unpaired) electrons. The second-order valence-corrected chi connectivity index (χ2v) is 4.41. The van der Waals surface area contributed by atoms with Gasteiger partial charge in [-0.3, -0.25) is 4.79 Å². The molecule has 0 bridgehead atoms. The molecule has 0 spiro atoms. The van der Waals surface area contributed by atoms with Crippen LogP contribution in [-0.4, -0.2) is 18.6 Å². The number of nitrogens with one attached hydrogen (secondary N) is 1. The molecule has 1 aromatic carbocycles. The SMILES string of the molecule is CCC(C)OCCC(=O)Nc1cccc(N)c1C. The standard InChI is InChI=1S/C14H22N2O2/c1-4-10(2)18-9-8-14(17)16-13-7-5-6-12(15)11(13)3/h5-7,10H,4,8-9,15H2,1-3H3,(H,16,17). The van der Waals surface area contributed by atoms with Gasteiger partial charge in [0.1, 0.15) is 0 Å². The molecule has 100 valence electrons. The van der Waals surface area contributed by atoms with Crippen molar-refractivity contribution in [2.75, 3.05) is 17.7 Å². The van der Waals surface area contributed by atoms with E-state index in [0.717, 1.165) is 17.7 Å². The van der Waals surface area contributed by atoms with Gasteiger partial charge in [0.25, 0.3) is 0 Å². The molecule has 0 fully saturated rings. The first-order chi connectivity index (χ1) is 8.54. The van der Waals surface area contributed by atoms with Crippen molar-refractivity contribution in [2.24, 2.45) is 0 Å². The maximum absolute atomic E-state index is 11.7. The van der Waals surface area contributed by atoms with Crippen LogP contribution in [0.1, 0.15) is 32.3 Å². The van der Waals surface area contributed by atoms with E-state index >= 15 is 0 Å². The molecular weight excluding hydrogens is 228 g/mol. The van der Waals surface area contributed by atoms with E-state index in [2.05, 4.69) is 12.2 Å². The molecule has 0 saturated carbocycles. The van der Waals surface area contributed by atoms with Crippen molar-refractivity contribution >= 4 is 17.3 Å². The van der Waals surface area contributed by atoms with E-state index in [1.54, 1.807) is 0 Å². The molecule has 4 nitrogen and oxygen atoms in total. The molecule has 1 amide bonds. The molecule has 0 aliphatic heterocycles. The zero-order chi connectivity index (χ0) is 13.5. The van der Waals surface area contributed by atoms with E-state index in [-0.39, 0.29) is 12.0 Å². The molecule has 3 N–H and O–H groups in total. The van der Waals surface area contributed by atoms with Gasteiger partial charge < -0.3 is 15.8 Å². The molecule has 0 aliphatic rings. The van der Waals surface area contributed by atoms with Gasteiger partial charge >= 0.3 is 0 Å². The van der Waals surface area contributed by atoms with E-state index < -0.39 is 0 Å². The van der Waals surface area contributed by atoms with Gasteiger partial charge in [0, 0.05) is 11.4 Å². The van der Waals surface area contributed by atoms with Crippen LogP contribution in [0.4, 0.5) is 11.4 Å². The quantitative estimate of drug-likeness (QED) is 0.763. The number of amides is 1. The Morgan fingerprint density at radius 2 is 2.22 bits per heavy atom. The molecule has 1 rings (SSSR count). The Bertz CT molecular complexity index is 405. The first-order valence-electron chi connectivity index (χ1n) is 6.31. The number of ether oxygens (including phenoxy) is 1. The average Bonchev–Trinajstić information content (AvgIpc) is 2.34. The number of carbonyl (C=O) groups excluding carboxylic acids is 1. The first kappa shape index (κ1) is 14.5. The average molecular weight is 250 g/mol. The van der Waals surface area contributed by atoms with Crippen molar-refractivity contribution in [1.29, 1.82) is 0 Å². The van der Waals surface area contributed by atoms with Gasteiger partial charge in [-0.2, -0.15) is 0 Å². The highest BCUT2D eigenvalue weighted by molar-refractivity contribution is 5.92. The molecule has 0 aromatic heterocycles. The van der Waals surface area contributed by atoms with Crippen LogP contribution in [0.2, 0.25) is 0 Å². The Labute approximate surface area is 109 Å². The second kappa shape index (κ2) is 7.01. The molecule has 1 atom stereocenters. The number of nitrogens with two attached hydrogens (primary N) is 1. The highest BCUT2D eigenvalue weighted by Crippen LogP contribution is 2.20. The summed E-state index contributed by atoms with van der Waals surface area (Å²) in [6, 6.07) is 5.49. The topological polar surface area (TPSA) is 64.3 Å². The summed E-state index contributed by atoms with van der Waals surface area (Å²) in [6.45, 7) is 6.39. The minimum absolute atomic E-state index is 0.0491. The fourth-order valence-electron chi connectivity index (χ4n) is 1.47. The number of hydrogen-bond acceptors (Lipinski definition) is 3. The van der Waals surface area contributed by atoms with Gasteiger partial charge in [-0.25, -0.2) is 0 Å². The zero-order valence-electron chi connectivity index (χ0n) is 11.3. The van der Waals surface area contributed by atoms with Crippen molar-refractivity contribution < 1.29 is 9.53 Å². The fraction of sp³-hybridized carbons (Fsp3) is 0.500. The van der Waals surface area contributed by atoms with Crippen LogP contribution in [0, 0.1) is 6.92 Å². The third-order valence-electron chi connectivity index (χ3n) is 2.96. The summed E-state index contributed by atoms with van der Waals surface area (Å²) in [6.07, 6.45) is 1.51. The number of rotatable bonds is 6. The smallest absolute Gasteiger partial charge is 0.226 e. The maximum Gasteiger partial charge on any atom is 0.226 e. The van der Waals surface area contributed by atoms with Crippen LogP contribution < -0.4 is 11.1 Å². The lowest BCUT2D eigenvalue weighted by atomic mass is 10.1. The van der Waals surface area contributed by atoms with Crippen LogP contribution in [0.25, 0.3) is 0 Å². The van der Waals surface area contributed by atoms with Crippen LogP contribution in [0.5, 0.6) is 0 Å². The monoisotopic (exact) mass is 250 g/mol. The molecule has 1 unspecified atom stereocenters. The lowest BCUT2D eigenvalue weighted by Gasteiger charge is -2.12. The van der Waals surface area contributed by atoms with Gasteiger partial charge in [0.05, 0.1) is 19.1 Å². The third-order valence-corrected chi connectivity index (χ3v) is 2.96. The van der Waals surface area contributed by atoms with E-state index in [4.69, 9.17) is 10.5 Å². The first-order valence-corrected chi connectivity index (χ1v) is 6.31. The van der Waals surface area contributed by atoms with E-state index in [1.807, 2.05) is 32.0 Å². The van der Waals surface area contributed by atoms with Crippen molar-refractivity contribution in [3.05, 3.63) is 23.8 Å². The Morgan fingerprint density at radius 3 is 2.89 bits per heavy atom. The van der Waals surface area contributed by atoms with Crippen LogP contribution in [-0.2, 0) is 9.53 Å². The van der Waals surface area contributed by atoms with Gasteiger partial charge in [0.2, 0.25) is 5.91 Å².